The van der Waals surface area contributed by atoms with Crippen molar-refractivity contribution in [3.8, 4) is 11.1 Å². The lowest BCUT2D eigenvalue weighted by Gasteiger charge is -1.98. The van der Waals surface area contributed by atoms with Crippen molar-refractivity contribution in [3.05, 3.63) is 60.7 Å². The summed E-state index contributed by atoms with van der Waals surface area (Å²) in [5.74, 6) is 0. The Hall–Kier alpha value is -1.62. The van der Waals surface area contributed by atoms with E-state index in [0.717, 1.165) is 13.2 Å². The third-order valence-corrected chi connectivity index (χ3v) is 2.61. The van der Waals surface area contributed by atoms with E-state index in [2.05, 4.69) is 53.8 Å². The highest BCUT2D eigenvalue weighted by atomic mass is 16.4. The smallest absolute Gasteiger partial charge is 0.360 e. The number of benzene rings is 2. The molecule has 0 spiro atoms. The molecule has 0 unspecified atom stereocenters. The van der Waals surface area contributed by atoms with Gasteiger partial charge >= 0.3 is 7.62 Å². The van der Waals surface area contributed by atoms with E-state index in [9.17, 15) is 0 Å². The molecule has 0 amide bonds. The molecule has 2 aromatic carbocycles. The van der Waals surface area contributed by atoms with Gasteiger partial charge in [0.1, 0.15) is 0 Å². The van der Waals surface area contributed by atoms with Crippen LogP contribution < -0.4 is 11.0 Å². The van der Waals surface area contributed by atoms with E-state index in [1.54, 1.807) is 0 Å². The maximum atomic E-state index is 5.19. The molecule has 0 heterocycles. The first-order valence-electron chi connectivity index (χ1n) is 6.97. The quantitative estimate of drug-likeness (QED) is 0.625. The van der Waals surface area contributed by atoms with Gasteiger partial charge in [-0.2, -0.15) is 0 Å². The topological polar surface area (TPSA) is 47.3 Å². The fourth-order valence-electron chi connectivity index (χ4n) is 1.61. The standard InChI is InChI=1S/C12H10.C4H13BN2O/c1-3-7-11(8-4-1)12-9-5-2-6-10-12;1-2-8-5-7-4-3-6/h1-10H;5,7H,2-4,6H2,1H3. The Labute approximate surface area is 122 Å². The highest BCUT2D eigenvalue weighted by molar-refractivity contribution is 6.23. The van der Waals surface area contributed by atoms with Crippen molar-refractivity contribution in [2.24, 2.45) is 5.73 Å². The van der Waals surface area contributed by atoms with E-state index in [0.29, 0.717) is 14.2 Å². The summed E-state index contributed by atoms with van der Waals surface area (Å²) < 4.78 is 4.97. The van der Waals surface area contributed by atoms with Gasteiger partial charge in [-0.15, -0.1) is 0 Å². The summed E-state index contributed by atoms with van der Waals surface area (Å²) in [7, 11) is 0.619. The largest absolute Gasteiger partial charge is 0.424 e. The first-order valence-corrected chi connectivity index (χ1v) is 6.97. The average molecular weight is 270 g/mol. The third-order valence-electron chi connectivity index (χ3n) is 2.61. The van der Waals surface area contributed by atoms with Crippen LogP contribution in [0.15, 0.2) is 60.7 Å². The van der Waals surface area contributed by atoms with Gasteiger partial charge in [-0.1, -0.05) is 60.7 Å². The Morgan fingerprint density at radius 1 is 0.950 bits per heavy atom. The maximum Gasteiger partial charge on any atom is 0.360 e. The van der Waals surface area contributed by atoms with E-state index < -0.39 is 0 Å². The highest BCUT2D eigenvalue weighted by Gasteiger charge is 1.91. The minimum absolute atomic E-state index is 0.619. The molecule has 0 aliphatic carbocycles. The summed E-state index contributed by atoms with van der Waals surface area (Å²) in [5.41, 5.74) is 7.74. The van der Waals surface area contributed by atoms with Crippen molar-refractivity contribution in [3.63, 3.8) is 0 Å². The van der Waals surface area contributed by atoms with Crippen molar-refractivity contribution >= 4 is 7.62 Å². The van der Waals surface area contributed by atoms with E-state index in [1.807, 2.05) is 19.1 Å². The lowest BCUT2D eigenvalue weighted by Crippen LogP contribution is -2.27. The summed E-state index contributed by atoms with van der Waals surface area (Å²) in [6.07, 6.45) is 0. The lowest BCUT2D eigenvalue weighted by molar-refractivity contribution is 0.353. The Kier molecular flexibility index (Phi) is 9.23. The van der Waals surface area contributed by atoms with Gasteiger partial charge in [0.15, 0.2) is 0 Å². The zero-order chi connectivity index (χ0) is 14.5. The molecule has 0 aliphatic rings. The summed E-state index contributed by atoms with van der Waals surface area (Å²) in [4.78, 5) is 0. The van der Waals surface area contributed by atoms with Gasteiger partial charge in [0, 0.05) is 13.2 Å². The molecule has 3 N–H and O–H groups in total. The summed E-state index contributed by atoms with van der Waals surface area (Å²) in [6, 6.07) is 20.8. The fraction of sp³-hybridized carbons (Fsp3) is 0.250. The van der Waals surface area contributed by atoms with Gasteiger partial charge in [-0.3, -0.25) is 0 Å². The van der Waals surface area contributed by atoms with Gasteiger partial charge in [-0.25, -0.2) is 0 Å². The Morgan fingerprint density at radius 2 is 1.45 bits per heavy atom. The number of nitrogens with two attached hydrogens (primary N) is 1. The zero-order valence-electron chi connectivity index (χ0n) is 12.1. The van der Waals surface area contributed by atoms with Crippen LogP contribution >= 0.6 is 0 Å². The van der Waals surface area contributed by atoms with Crippen LogP contribution in [-0.2, 0) is 4.65 Å². The summed E-state index contributed by atoms with van der Waals surface area (Å²) in [6.45, 7) is 4.23. The minimum atomic E-state index is 0.619. The van der Waals surface area contributed by atoms with Crippen LogP contribution in [0, 0.1) is 0 Å². The van der Waals surface area contributed by atoms with Crippen molar-refractivity contribution in [1.82, 2.24) is 5.23 Å². The van der Waals surface area contributed by atoms with Crippen molar-refractivity contribution < 1.29 is 4.65 Å². The number of nitrogens with one attached hydrogen (secondary N) is 1. The summed E-state index contributed by atoms with van der Waals surface area (Å²) >= 11 is 0. The van der Waals surface area contributed by atoms with Gasteiger partial charge in [0.2, 0.25) is 0 Å². The van der Waals surface area contributed by atoms with Gasteiger partial charge < -0.3 is 15.6 Å². The van der Waals surface area contributed by atoms with Crippen LogP contribution in [-0.4, -0.2) is 27.3 Å². The number of hydrogen-bond donors (Lipinski definition) is 2. The number of rotatable bonds is 6. The highest BCUT2D eigenvalue weighted by Crippen LogP contribution is 2.17. The van der Waals surface area contributed by atoms with Crippen LogP contribution in [0.2, 0.25) is 0 Å². The third kappa shape index (κ3) is 7.09. The molecule has 0 atom stereocenters. The zero-order valence-corrected chi connectivity index (χ0v) is 12.1. The normalized spacial score (nSPS) is 9.50. The Morgan fingerprint density at radius 3 is 1.85 bits per heavy atom. The molecule has 0 bridgehead atoms. The molecule has 0 radical (unpaired) electrons. The SMILES string of the molecule is CCOBNCCN.c1ccc(-c2ccccc2)cc1. The predicted molar refractivity (Wildman–Crippen MR) is 87.7 cm³/mol. The Bertz CT molecular complexity index is 393. The molecular formula is C16H23BN2O. The lowest BCUT2D eigenvalue weighted by atomic mass is 10.1. The van der Waals surface area contributed by atoms with Crippen LogP contribution in [0.25, 0.3) is 11.1 Å². The first-order chi connectivity index (χ1) is 9.88. The predicted octanol–water partition coefficient (Wildman–Crippen LogP) is 2.19. The van der Waals surface area contributed by atoms with E-state index in [-0.39, 0.29) is 0 Å². The monoisotopic (exact) mass is 270 g/mol. The molecule has 2 rings (SSSR count). The molecule has 0 saturated carbocycles. The molecule has 106 valence electrons. The molecule has 0 fully saturated rings. The molecule has 2 aromatic rings. The molecule has 0 aromatic heterocycles. The molecule has 20 heavy (non-hydrogen) atoms. The molecule has 0 aliphatic heterocycles. The van der Waals surface area contributed by atoms with Gasteiger partial charge in [-0.05, 0) is 24.6 Å². The first kappa shape index (κ1) is 16.4. The van der Waals surface area contributed by atoms with E-state index in [1.165, 1.54) is 11.1 Å². The van der Waals surface area contributed by atoms with Crippen molar-refractivity contribution in [2.75, 3.05) is 19.7 Å². The van der Waals surface area contributed by atoms with Crippen LogP contribution in [0.1, 0.15) is 6.92 Å². The summed E-state index contributed by atoms with van der Waals surface area (Å²) in [5, 5.41) is 2.99. The number of hydrogen-bond acceptors (Lipinski definition) is 3. The van der Waals surface area contributed by atoms with Crippen molar-refractivity contribution in [1.29, 1.82) is 0 Å². The molecule has 0 saturated heterocycles. The second-order valence-corrected chi connectivity index (χ2v) is 4.16. The average Bonchev–Trinajstić information content (AvgIpc) is 2.54. The van der Waals surface area contributed by atoms with Crippen molar-refractivity contribution in [2.45, 2.75) is 6.92 Å². The second kappa shape index (κ2) is 11.2. The van der Waals surface area contributed by atoms with Gasteiger partial charge in [0.25, 0.3) is 0 Å². The maximum absolute atomic E-state index is 5.19. The Balaban J connectivity index is 0.000000221. The minimum Gasteiger partial charge on any atom is -0.424 e. The molecule has 3 nitrogen and oxygen atoms in total. The van der Waals surface area contributed by atoms with Crippen LogP contribution in [0.4, 0.5) is 0 Å². The van der Waals surface area contributed by atoms with E-state index >= 15 is 0 Å². The molecular weight excluding hydrogens is 247 g/mol. The van der Waals surface area contributed by atoms with E-state index in [4.69, 9.17) is 10.4 Å². The second-order valence-electron chi connectivity index (χ2n) is 4.16. The fourth-order valence-corrected chi connectivity index (χ4v) is 1.61. The van der Waals surface area contributed by atoms with Gasteiger partial charge in [0.05, 0.1) is 0 Å². The molecule has 4 heteroatoms. The van der Waals surface area contributed by atoms with Crippen LogP contribution in [0.3, 0.4) is 0 Å². The van der Waals surface area contributed by atoms with Crippen LogP contribution in [0.5, 0.6) is 0 Å².